The zero-order valence-electron chi connectivity index (χ0n) is 57.7. The van der Waals surface area contributed by atoms with Gasteiger partial charge in [-0.15, -0.1) is 0 Å². The summed E-state index contributed by atoms with van der Waals surface area (Å²) in [5.41, 5.74) is 10.7. The van der Waals surface area contributed by atoms with Gasteiger partial charge < -0.3 is 165 Å². The molecular formula is C62H109F2N5O35. The fraction of sp³-hybridized carbons (Fsp3) is 0.919. The average Bonchev–Trinajstić information content (AvgIpc) is 0.794. The van der Waals surface area contributed by atoms with Gasteiger partial charge in [0.25, 0.3) is 0 Å². The molecule has 40 nitrogen and oxygen atoms in total. The lowest BCUT2D eigenvalue weighted by molar-refractivity contribution is -0.359. The number of aliphatic hydroxyl groups excluding tert-OH is 18. The molecular weight excluding hydrogens is 1410 g/mol. The first-order valence-electron chi connectivity index (χ1n) is 34.7. The monoisotopic (exact) mass is 1520 g/mol. The molecule has 606 valence electrons. The van der Waals surface area contributed by atoms with Crippen molar-refractivity contribution in [2.75, 3.05) is 72.5 Å². The summed E-state index contributed by atoms with van der Waals surface area (Å²) in [5, 5.41) is 187. The van der Waals surface area contributed by atoms with Crippen LogP contribution in [0.4, 0.5) is 8.78 Å². The molecule has 0 bridgehead atoms. The van der Waals surface area contributed by atoms with Gasteiger partial charge in [-0.2, -0.15) is 0 Å². The molecule has 6 saturated heterocycles. The number of nitrogens with two attached hydrogens (primary N) is 1. The maximum Gasteiger partial charge on any atom is 0.234 e. The van der Waals surface area contributed by atoms with E-state index in [2.05, 4.69) is 21.5 Å². The van der Waals surface area contributed by atoms with Gasteiger partial charge in [-0.3, -0.25) is 29.4 Å². The van der Waals surface area contributed by atoms with Gasteiger partial charge in [0.05, 0.1) is 58.9 Å². The van der Waals surface area contributed by atoms with Crippen LogP contribution in [-0.4, -0.2) is 384 Å². The minimum absolute atomic E-state index is 0.0418. The second kappa shape index (κ2) is 46.1. The fourth-order valence-electron chi connectivity index (χ4n) is 11.7. The molecule has 6 rings (SSSR count). The Morgan fingerprint density at radius 1 is 0.413 bits per heavy atom. The molecule has 24 N–H and O–H groups in total. The number of halogens is 2. The number of unbranched alkanes of at least 4 members (excludes halogenated alkanes) is 3. The molecule has 6 heterocycles. The molecule has 6 fully saturated rings. The maximum atomic E-state index is 15.9. The van der Waals surface area contributed by atoms with Crippen molar-refractivity contribution in [3.63, 3.8) is 0 Å². The number of aliphatic hydroxyl groups is 18. The van der Waals surface area contributed by atoms with Crippen LogP contribution in [-0.2, 0) is 80.8 Å². The highest BCUT2D eigenvalue weighted by atomic mass is 19.1. The normalized spacial score (nSPS) is 38.5. The zero-order chi connectivity index (χ0) is 77.1. The van der Waals surface area contributed by atoms with Crippen LogP contribution in [0.15, 0.2) is 0 Å². The summed E-state index contributed by atoms with van der Waals surface area (Å²) in [4.78, 5) is 60.1. The highest BCUT2D eigenvalue weighted by molar-refractivity contribution is 5.82. The van der Waals surface area contributed by atoms with Crippen molar-refractivity contribution in [3.8, 4) is 0 Å². The van der Waals surface area contributed by atoms with Gasteiger partial charge in [0, 0.05) is 45.2 Å². The van der Waals surface area contributed by atoms with Crippen LogP contribution in [0.3, 0.4) is 0 Å². The van der Waals surface area contributed by atoms with Crippen molar-refractivity contribution in [2.24, 2.45) is 5.73 Å². The number of nitrogens with one attached hydrogen (secondary N) is 4. The van der Waals surface area contributed by atoms with E-state index in [1.165, 1.54) is 6.92 Å². The molecule has 0 aromatic heterocycles. The number of hydrazine groups is 1. The summed E-state index contributed by atoms with van der Waals surface area (Å²) >= 11 is 0. The number of Topliss-reactive ketones (excluding diaryl/α,β-unsaturated/α-hetero) is 2. The van der Waals surface area contributed by atoms with Crippen molar-refractivity contribution in [2.45, 2.75) is 288 Å². The molecule has 0 spiro atoms. The van der Waals surface area contributed by atoms with Crippen LogP contribution in [0, 0.1) is 0 Å². The topological polar surface area (TPSA) is 634 Å². The third kappa shape index (κ3) is 26.5. The van der Waals surface area contributed by atoms with Gasteiger partial charge in [0.2, 0.25) is 17.7 Å². The van der Waals surface area contributed by atoms with E-state index in [0.29, 0.717) is 51.6 Å². The largest absolute Gasteiger partial charge is 0.394 e. The molecule has 31 atom stereocenters. The molecule has 104 heavy (non-hydrogen) atoms. The zero-order valence-corrected chi connectivity index (χ0v) is 57.7. The third-order valence-electron chi connectivity index (χ3n) is 18.0. The van der Waals surface area contributed by atoms with Crippen molar-refractivity contribution >= 4 is 29.3 Å². The summed E-state index contributed by atoms with van der Waals surface area (Å²) in [5.74, 6) is -1.08. The van der Waals surface area contributed by atoms with Crippen LogP contribution in [0.2, 0.25) is 0 Å². The van der Waals surface area contributed by atoms with Gasteiger partial charge in [0.1, 0.15) is 146 Å². The molecule has 0 saturated carbocycles. The SMILES string of the molecule is CC(=O)[C@H](CCCCN)NNC(=O)CCCCC(=O)NCCO[C@H]1O[C@H](CO[C@H]2O[C@H](CO)[C@@H](O)[C@H](O)[C@@H]2O)[C@@H](O)[C@H](O[C@H]2O[C@H](CO)[C@@H](O)[C@H](O)[C@@H]2O)[C@@H]1F.CCNC(=O)CCCCC(=O)CCCO[C@H]1O[C@H](CO[C@H]2O[C@H](CO)[C@@H](O)[C@H](O)[C@@H]2O)[C@@H](O)[C@H](O[C@H]2O[C@H](CO)[C@@H](O)[C@H](O)[C@@H]2O)[C@@H]1F. The first kappa shape index (κ1) is 90.9. The first-order chi connectivity index (χ1) is 49.5. The molecule has 0 aliphatic carbocycles. The number of amides is 3. The van der Waals surface area contributed by atoms with Gasteiger partial charge in [0.15, 0.2) is 50.1 Å². The number of ether oxygens (including phenoxy) is 12. The Bertz CT molecular complexity index is 2500. The van der Waals surface area contributed by atoms with Crippen molar-refractivity contribution in [1.82, 2.24) is 21.5 Å². The summed E-state index contributed by atoms with van der Waals surface area (Å²) in [6.07, 6.45) is -48.3. The minimum Gasteiger partial charge on any atom is -0.394 e. The number of rotatable bonds is 41. The lowest BCUT2D eigenvalue weighted by atomic mass is 9.97. The van der Waals surface area contributed by atoms with Gasteiger partial charge in [-0.25, -0.2) is 14.2 Å². The number of alkyl halides is 2. The smallest absolute Gasteiger partial charge is 0.234 e. The van der Waals surface area contributed by atoms with Crippen LogP contribution in [0.1, 0.15) is 97.3 Å². The Balaban J connectivity index is 0.000000378. The van der Waals surface area contributed by atoms with Crippen LogP contribution in [0.5, 0.6) is 0 Å². The Morgan fingerprint density at radius 2 is 0.779 bits per heavy atom. The fourth-order valence-corrected chi connectivity index (χ4v) is 11.7. The van der Waals surface area contributed by atoms with Crippen molar-refractivity contribution in [1.29, 1.82) is 0 Å². The lowest BCUT2D eigenvalue weighted by Gasteiger charge is -2.46. The highest BCUT2D eigenvalue weighted by Crippen LogP contribution is 2.35. The Kier molecular flexibility index (Phi) is 40.3. The molecule has 6 aliphatic heterocycles. The predicted molar refractivity (Wildman–Crippen MR) is 339 cm³/mol. The predicted octanol–water partition coefficient (Wildman–Crippen LogP) is -10.7. The number of hydrogen-bond acceptors (Lipinski definition) is 37. The van der Waals surface area contributed by atoms with Crippen molar-refractivity contribution in [3.05, 3.63) is 0 Å². The quantitative estimate of drug-likeness (QED) is 0.0200. The number of carbonyl (C=O) groups is 5. The van der Waals surface area contributed by atoms with E-state index >= 15 is 8.78 Å². The van der Waals surface area contributed by atoms with E-state index in [4.69, 9.17) is 62.6 Å². The maximum absolute atomic E-state index is 15.9. The number of hydrogen-bond donors (Lipinski definition) is 23. The van der Waals surface area contributed by atoms with Gasteiger partial charge in [-0.05, 0) is 65.3 Å². The van der Waals surface area contributed by atoms with E-state index in [-0.39, 0.29) is 75.2 Å². The summed E-state index contributed by atoms with van der Waals surface area (Å²) < 4.78 is 97.1. The third-order valence-corrected chi connectivity index (χ3v) is 18.0. The molecule has 0 radical (unpaired) electrons. The molecule has 0 aromatic carbocycles. The van der Waals surface area contributed by atoms with E-state index in [1.807, 2.05) is 0 Å². The summed E-state index contributed by atoms with van der Waals surface area (Å²) in [6.45, 7) is -0.870. The number of ketones is 2. The van der Waals surface area contributed by atoms with E-state index in [1.54, 1.807) is 6.92 Å². The first-order valence-corrected chi connectivity index (χ1v) is 34.7. The average molecular weight is 1520 g/mol. The van der Waals surface area contributed by atoms with Crippen LogP contribution < -0.4 is 27.2 Å². The molecule has 6 aliphatic rings. The number of carbonyl (C=O) groups excluding carboxylic acids is 5. The Hall–Kier alpha value is -3.67. The lowest BCUT2D eigenvalue weighted by Crippen LogP contribution is -2.64. The standard InChI is InChI=1S/C33H59FN4O18.C29H50FNO17/c1-15(41)16(6-4-5-9-35)37-38-21(43)8-3-2-7-20(42)36-10-11-51-31-22(34)30(56-33-29(50)27(48)24(45)18(13-40)54-33)25(46)19(55-31)14-52-32-28(49)26(47)23(44)17(12-39)53-32;1-2-31-17(35)8-4-3-6-13(34)7-5-9-43-27-18(30)26(48-29-25(42)23(40)20(37)15(11-33)46-29)21(38)16(47-27)12-44-28-24(41)22(39)19(36)14(10-32)45-28/h16-19,22-33,37,39-40,44-50H,2-14,35H2,1H3,(H,36,42)(H,38,43);14-16,18-29,32-33,36-42H,2-12H2,1H3,(H,31,35)/t16-,17+,18+,19+,22-,23+,24+,25+,26-,27-,28-,29-,30+,31-,32-,33+;14-,15-,16-,18+,19-,20-,21-,22+,23+,24+,25+,26-,27+,28+,29-/m01/s1. The molecule has 3 amide bonds. The second-order valence-electron chi connectivity index (χ2n) is 25.9. The van der Waals surface area contributed by atoms with E-state index in [9.17, 15) is 116 Å². The second-order valence-corrected chi connectivity index (χ2v) is 25.9. The molecule has 0 aromatic rings. The van der Waals surface area contributed by atoms with E-state index < -0.39 is 236 Å². The van der Waals surface area contributed by atoms with Crippen LogP contribution >= 0.6 is 0 Å². The van der Waals surface area contributed by atoms with Gasteiger partial charge in [-0.1, -0.05) is 6.42 Å². The summed E-state index contributed by atoms with van der Waals surface area (Å²) in [6, 6.07) is -0.535. The molecule has 0 unspecified atom stereocenters. The van der Waals surface area contributed by atoms with Crippen molar-refractivity contribution < 1.29 is 182 Å². The minimum atomic E-state index is -2.33. The highest BCUT2D eigenvalue weighted by Gasteiger charge is 2.55. The molecule has 42 heteroatoms. The Morgan fingerprint density at radius 3 is 1.18 bits per heavy atom. The van der Waals surface area contributed by atoms with E-state index in [0.717, 1.165) is 12.8 Å². The summed E-state index contributed by atoms with van der Waals surface area (Å²) in [7, 11) is 0. The van der Waals surface area contributed by atoms with Crippen LogP contribution in [0.25, 0.3) is 0 Å². The Labute approximate surface area is 596 Å². The van der Waals surface area contributed by atoms with Gasteiger partial charge >= 0.3 is 0 Å².